The number of fused-ring (bicyclic) bond motifs is 3. The second kappa shape index (κ2) is 7.42. The predicted octanol–water partition coefficient (Wildman–Crippen LogP) is 1.28. The minimum Gasteiger partial charge on any atom is -0.424 e. The maximum Gasteiger partial charge on any atom is 0.322 e. The van der Waals surface area contributed by atoms with Crippen molar-refractivity contribution in [3.05, 3.63) is 47.3 Å². The molecule has 0 radical (unpaired) electrons. The number of nitrogens with two attached hydrogens (primary N) is 1. The molecule has 3 aromatic rings. The molecule has 1 fully saturated rings. The molecule has 0 atom stereocenters. The molecule has 0 saturated carbocycles. The van der Waals surface area contributed by atoms with E-state index in [1.54, 1.807) is 17.9 Å². The van der Waals surface area contributed by atoms with Gasteiger partial charge in [-0.2, -0.15) is 10.1 Å². The minimum absolute atomic E-state index is 0.262. The largest absolute Gasteiger partial charge is 0.424 e. The van der Waals surface area contributed by atoms with Crippen molar-refractivity contribution in [1.29, 1.82) is 0 Å². The van der Waals surface area contributed by atoms with Crippen molar-refractivity contribution in [2.75, 3.05) is 31.1 Å². The van der Waals surface area contributed by atoms with E-state index in [0.717, 1.165) is 55.1 Å². The Hall–Kier alpha value is -3.46. The lowest BCUT2D eigenvalue weighted by Crippen LogP contribution is -2.43. The highest BCUT2D eigenvalue weighted by atomic mass is 16.5. The number of benzene rings is 1. The van der Waals surface area contributed by atoms with E-state index in [9.17, 15) is 4.79 Å². The van der Waals surface area contributed by atoms with Crippen LogP contribution in [0.4, 0.5) is 5.69 Å². The SMILES string of the molecule is Cn1nc(C(N)=O)c2c1-c1nc(Oc3ccc(N4CCNCC4)cc3)ncc1CC2. The Labute approximate surface area is 173 Å². The Morgan fingerprint density at radius 1 is 1.17 bits per heavy atom. The smallest absolute Gasteiger partial charge is 0.322 e. The van der Waals surface area contributed by atoms with Gasteiger partial charge in [0.15, 0.2) is 5.69 Å². The second-order valence-corrected chi connectivity index (χ2v) is 7.52. The van der Waals surface area contributed by atoms with E-state index in [1.807, 2.05) is 12.1 Å². The summed E-state index contributed by atoms with van der Waals surface area (Å²) in [5, 5.41) is 7.65. The molecule has 0 unspecified atom stereocenters. The summed E-state index contributed by atoms with van der Waals surface area (Å²) in [6.07, 6.45) is 3.20. The van der Waals surface area contributed by atoms with Gasteiger partial charge >= 0.3 is 6.01 Å². The third kappa shape index (κ3) is 3.26. The highest BCUT2D eigenvalue weighted by Gasteiger charge is 2.28. The van der Waals surface area contributed by atoms with Crippen LogP contribution in [0.15, 0.2) is 30.5 Å². The lowest BCUT2D eigenvalue weighted by atomic mass is 9.93. The minimum atomic E-state index is -0.523. The van der Waals surface area contributed by atoms with Crippen LogP contribution in [0, 0.1) is 0 Å². The highest BCUT2D eigenvalue weighted by molar-refractivity contribution is 5.94. The molecule has 1 aromatic carbocycles. The second-order valence-electron chi connectivity index (χ2n) is 7.52. The standard InChI is InChI=1S/C21H23N7O2/c1-27-19-16(18(26-27)20(22)29)7-2-13-12-24-21(25-17(13)19)30-15-5-3-14(4-6-15)28-10-8-23-9-11-28/h3-6,12,23H,2,7-11H2,1H3,(H2,22,29). The van der Waals surface area contributed by atoms with Crippen LogP contribution in [-0.2, 0) is 19.9 Å². The molecule has 0 spiro atoms. The van der Waals surface area contributed by atoms with E-state index in [1.165, 1.54) is 5.69 Å². The van der Waals surface area contributed by atoms with E-state index in [4.69, 9.17) is 10.5 Å². The summed E-state index contributed by atoms with van der Waals surface area (Å²) < 4.78 is 7.58. The van der Waals surface area contributed by atoms with Gasteiger partial charge in [0.1, 0.15) is 5.75 Å². The van der Waals surface area contributed by atoms with Crippen LogP contribution in [-0.4, -0.2) is 51.8 Å². The molecule has 5 rings (SSSR count). The molecule has 9 heteroatoms. The zero-order valence-corrected chi connectivity index (χ0v) is 16.8. The first-order valence-corrected chi connectivity index (χ1v) is 10.1. The van der Waals surface area contributed by atoms with Crippen molar-refractivity contribution in [3.63, 3.8) is 0 Å². The first-order chi connectivity index (χ1) is 14.6. The molecule has 3 N–H and O–H groups in total. The monoisotopic (exact) mass is 405 g/mol. The fraction of sp³-hybridized carbons (Fsp3) is 0.333. The van der Waals surface area contributed by atoms with Crippen LogP contribution in [0.3, 0.4) is 0 Å². The number of piperazine rings is 1. The summed E-state index contributed by atoms with van der Waals surface area (Å²) in [6, 6.07) is 8.23. The summed E-state index contributed by atoms with van der Waals surface area (Å²) in [4.78, 5) is 23.1. The Bertz CT molecular complexity index is 1100. The lowest BCUT2D eigenvalue weighted by Gasteiger charge is -2.29. The summed E-state index contributed by atoms with van der Waals surface area (Å²) in [5.41, 5.74) is 10.3. The summed E-state index contributed by atoms with van der Waals surface area (Å²) in [6.45, 7) is 3.98. The van der Waals surface area contributed by atoms with E-state index in [-0.39, 0.29) is 6.01 Å². The van der Waals surface area contributed by atoms with Crippen LogP contribution >= 0.6 is 0 Å². The number of carbonyl (C=O) groups is 1. The molecule has 1 aliphatic heterocycles. The highest BCUT2D eigenvalue weighted by Crippen LogP contribution is 2.34. The topological polar surface area (TPSA) is 111 Å². The van der Waals surface area contributed by atoms with E-state index in [2.05, 4.69) is 37.4 Å². The number of nitrogens with one attached hydrogen (secondary N) is 1. The zero-order chi connectivity index (χ0) is 20.7. The third-order valence-electron chi connectivity index (χ3n) is 5.62. The summed E-state index contributed by atoms with van der Waals surface area (Å²) in [7, 11) is 1.79. The molecule has 1 aliphatic carbocycles. The van der Waals surface area contributed by atoms with Crippen molar-refractivity contribution in [1.82, 2.24) is 25.1 Å². The number of ether oxygens (including phenoxy) is 1. The predicted molar refractivity (Wildman–Crippen MR) is 112 cm³/mol. The maximum atomic E-state index is 11.7. The van der Waals surface area contributed by atoms with Crippen LogP contribution in [0.1, 0.15) is 21.6 Å². The van der Waals surface area contributed by atoms with Gasteiger partial charge in [0.25, 0.3) is 5.91 Å². The first-order valence-electron chi connectivity index (χ1n) is 10.1. The number of amides is 1. The number of primary amides is 1. The van der Waals surface area contributed by atoms with Gasteiger partial charge in [-0.05, 0) is 42.7 Å². The van der Waals surface area contributed by atoms with Gasteiger partial charge in [-0.25, -0.2) is 4.98 Å². The van der Waals surface area contributed by atoms with E-state index >= 15 is 0 Å². The molecule has 2 aromatic heterocycles. The number of hydrogen-bond acceptors (Lipinski definition) is 7. The molecule has 9 nitrogen and oxygen atoms in total. The van der Waals surface area contributed by atoms with Gasteiger partial charge in [0.05, 0.1) is 11.4 Å². The number of rotatable bonds is 4. The molecule has 2 aliphatic rings. The third-order valence-corrected chi connectivity index (χ3v) is 5.62. The Balaban J connectivity index is 1.41. The lowest BCUT2D eigenvalue weighted by molar-refractivity contribution is 0.0994. The van der Waals surface area contributed by atoms with Crippen molar-refractivity contribution in [3.8, 4) is 23.1 Å². The molecular weight excluding hydrogens is 382 g/mol. The molecular formula is C21H23N7O2. The normalized spacial score (nSPS) is 15.4. The number of aryl methyl sites for hydroxylation is 2. The number of anilines is 1. The number of hydrogen-bond donors (Lipinski definition) is 2. The molecule has 30 heavy (non-hydrogen) atoms. The van der Waals surface area contributed by atoms with Gasteiger partial charge in [0.2, 0.25) is 0 Å². The quantitative estimate of drug-likeness (QED) is 0.672. The van der Waals surface area contributed by atoms with Crippen molar-refractivity contribution >= 4 is 11.6 Å². The molecule has 1 amide bonds. The number of carbonyl (C=O) groups excluding carboxylic acids is 1. The zero-order valence-electron chi connectivity index (χ0n) is 16.8. The van der Waals surface area contributed by atoms with Crippen molar-refractivity contribution < 1.29 is 9.53 Å². The van der Waals surface area contributed by atoms with Gasteiger partial charge in [-0.3, -0.25) is 9.48 Å². The summed E-state index contributed by atoms with van der Waals surface area (Å²) in [5.74, 6) is 0.151. The first kappa shape index (κ1) is 18.6. The maximum absolute atomic E-state index is 11.7. The van der Waals surface area contributed by atoms with Crippen LogP contribution < -0.4 is 20.7 Å². The molecule has 1 saturated heterocycles. The van der Waals surface area contributed by atoms with Crippen molar-refractivity contribution in [2.45, 2.75) is 12.8 Å². The van der Waals surface area contributed by atoms with Gasteiger partial charge in [-0.1, -0.05) is 0 Å². The van der Waals surface area contributed by atoms with Gasteiger partial charge < -0.3 is 20.7 Å². The van der Waals surface area contributed by atoms with E-state index in [0.29, 0.717) is 17.9 Å². The van der Waals surface area contributed by atoms with E-state index < -0.39 is 5.91 Å². The van der Waals surface area contributed by atoms with Crippen LogP contribution in [0.25, 0.3) is 11.4 Å². The molecule has 154 valence electrons. The molecule has 3 heterocycles. The number of nitrogens with zero attached hydrogens (tertiary/aromatic N) is 5. The van der Waals surface area contributed by atoms with Gasteiger partial charge in [-0.15, -0.1) is 0 Å². The molecule has 0 bridgehead atoms. The Kier molecular flexibility index (Phi) is 4.59. The fourth-order valence-electron chi connectivity index (χ4n) is 4.14. The average Bonchev–Trinajstić information content (AvgIpc) is 3.12. The van der Waals surface area contributed by atoms with Gasteiger partial charge in [0, 0.05) is 50.7 Å². The number of aromatic nitrogens is 4. The Morgan fingerprint density at radius 3 is 2.67 bits per heavy atom. The van der Waals surface area contributed by atoms with Crippen LogP contribution in [0.5, 0.6) is 11.8 Å². The van der Waals surface area contributed by atoms with Crippen LogP contribution in [0.2, 0.25) is 0 Å². The average molecular weight is 405 g/mol. The fourth-order valence-corrected chi connectivity index (χ4v) is 4.14. The summed E-state index contributed by atoms with van der Waals surface area (Å²) >= 11 is 0. The Morgan fingerprint density at radius 2 is 1.93 bits per heavy atom. The van der Waals surface area contributed by atoms with Crippen molar-refractivity contribution in [2.24, 2.45) is 12.8 Å².